The van der Waals surface area contributed by atoms with Crippen molar-refractivity contribution in [3.05, 3.63) is 30.7 Å². The predicted octanol–water partition coefficient (Wildman–Crippen LogP) is 1.74. The molecule has 2 aromatic rings. The summed E-state index contributed by atoms with van der Waals surface area (Å²) in [6.07, 6.45) is 0.569. The highest BCUT2D eigenvalue weighted by atomic mass is 32.2. The summed E-state index contributed by atoms with van der Waals surface area (Å²) in [5, 5.41) is 7.26. The van der Waals surface area contributed by atoms with Crippen LogP contribution in [0.5, 0.6) is 0 Å². The minimum atomic E-state index is -3.80. The monoisotopic (exact) mass is 345 g/mol. The molecule has 0 amide bonds. The van der Waals surface area contributed by atoms with E-state index >= 15 is 0 Å². The highest BCUT2D eigenvalue weighted by Gasteiger charge is 2.34. The van der Waals surface area contributed by atoms with Crippen molar-refractivity contribution in [3.8, 4) is 11.5 Å². The third-order valence-electron chi connectivity index (χ3n) is 3.48. The van der Waals surface area contributed by atoms with Crippen molar-refractivity contribution < 1.29 is 26.4 Å². The van der Waals surface area contributed by atoms with E-state index in [4.69, 9.17) is 4.42 Å². The number of halogens is 2. The van der Waals surface area contributed by atoms with Gasteiger partial charge in [0.1, 0.15) is 0 Å². The molecule has 0 radical (unpaired) electrons. The van der Waals surface area contributed by atoms with Crippen molar-refractivity contribution in [1.82, 2.24) is 14.5 Å². The molecule has 3 rings (SSSR count). The first-order valence-electron chi connectivity index (χ1n) is 6.77. The van der Waals surface area contributed by atoms with Crippen LogP contribution in [0, 0.1) is 0 Å². The number of alkyl halides is 2. The van der Waals surface area contributed by atoms with Crippen LogP contribution >= 0.6 is 0 Å². The molecule has 0 N–H and O–H groups in total. The van der Waals surface area contributed by atoms with Crippen LogP contribution in [0.15, 0.2) is 40.0 Å². The number of hydrogen-bond acceptors (Lipinski definition) is 6. The molecular weight excluding hydrogens is 332 g/mol. The van der Waals surface area contributed by atoms with Gasteiger partial charge in [-0.05, 0) is 24.6 Å². The van der Waals surface area contributed by atoms with E-state index in [1.807, 2.05) is 0 Å². The summed E-state index contributed by atoms with van der Waals surface area (Å²) in [6, 6.07) is 6.02. The van der Waals surface area contributed by atoms with E-state index in [1.165, 1.54) is 12.1 Å². The summed E-state index contributed by atoms with van der Waals surface area (Å²) >= 11 is 0. The van der Waals surface area contributed by atoms with Gasteiger partial charge in [0.25, 0.3) is 0 Å². The molecule has 10 heteroatoms. The molecule has 1 aliphatic rings. The van der Waals surface area contributed by atoms with Gasteiger partial charge in [0, 0.05) is 18.7 Å². The van der Waals surface area contributed by atoms with Crippen molar-refractivity contribution >= 4 is 10.0 Å². The van der Waals surface area contributed by atoms with Gasteiger partial charge in [0.05, 0.1) is 11.0 Å². The number of nitrogens with zero attached hydrogens (tertiary/aromatic N) is 3. The molecular formula is C13H13F2N3O4S. The second kappa shape index (κ2) is 6.30. The number of ether oxygens (including phenoxy) is 1. The molecule has 23 heavy (non-hydrogen) atoms. The Morgan fingerprint density at radius 3 is 2.91 bits per heavy atom. The lowest BCUT2D eigenvalue weighted by Gasteiger charge is -2.17. The molecule has 1 aliphatic heterocycles. The van der Waals surface area contributed by atoms with E-state index < -0.39 is 22.7 Å². The van der Waals surface area contributed by atoms with Gasteiger partial charge in [-0.2, -0.15) is 13.1 Å². The summed E-state index contributed by atoms with van der Waals surface area (Å²) in [7, 11) is -3.80. The summed E-state index contributed by atoms with van der Waals surface area (Å²) in [5.41, 5.74) is 0.461. The van der Waals surface area contributed by atoms with Crippen LogP contribution in [0.3, 0.4) is 0 Å². The van der Waals surface area contributed by atoms with Crippen LogP contribution in [0.4, 0.5) is 8.78 Å². The zero-order valence-electron chi connectivity index (χ0n) is 11.8. The van der Waals surface area contributed by atoms with Crippen molar-refractivity contribution in [2.45, 2.75) is 24.0 Å². The SMILES string of the molecule is O=S(=O)(c1cccc(-c2nnco2)c1)N1CC[C@H](OC(F)F)C1. The van der Waals surface area contributed by atoms with Crippen LogP contribution in [0.2, 0.25) is 0 Å². The molecule has 124 valence electrons. The largest absolute Gasteiger partial charge is 0.423 e. The molecule has 1 aromatic heterocycles. The van der Waals surface area contributed by atoms with Gasteiger partial charge in [0.15, 0.2) is 0 Å². The Morgan fingerprint density at radius 2 is 2.22 bits per heavy atom. The maximum Gasteiger partial charge on any atom is 0.345 e. The van der Waals surface area contributed by atoms with E-state index in [9.17, 15) is 17.2 Å². The molecule has 0 bridgehead atoms. The molecule has 2 heterocycles. The van der Waals surface area contributed by atoms with Crippen LogP contribution in [-0.4, -0.2) is 48.7 Å². The molecule has 0 aliphatic carbocycles. The fourth-order valence-corrected chi connectivity index (χ4v) is 3.94. The molecule has 1 atom stereocenters. The number of benzene rings is 1. The van der Waals surface area contributed by atoms with Crippen LogP contribution in [-0.2, 0) is 14.8 Å². The Bertz CT molecular complexity index is 767. The highest BCUT2D eigenvalue weighted by molar-refractivity contribution is 7.89. The Kier molecular flexibility index (Phi) is 4.37. The minimum Gasteiger partial charge on any atom is -0.423 e. The lowest BCUT2D eigenvalue weighted by molar-refractivity contribution is -0.157. The van der Waals surface area contributed by atoms with E-state index in [0.717, 1.165) is 10.7 Å². The maximum atomic E-state index is 12.6. The van der Waals surface area contributed by atoms with Gasteiger partial charge in [-0.15, -0.1) is 10.2 Å². The normalized spacial score (nSPS) is 19.5. The third-order valence-corrected chi connectivity index (χ3v) is 5.34. The summed E-state index contributed by atoms with van der Waals surface area (Å²) < 4.78 is 60.2. The van der Waals surface area contributed by atoms with E-state index in [1.54, 1.807) is 12.1 Å². The first-order chi connectivity index (χ1) is 11.0. The molecule has 0 unspecified atom stereocenters. The van der Waals surface area contributed by atoms with Crippen LogP contribution < -0.4 is 0 Å². The van der Waals surface area contributed by atoms with Gasteiger partial charge in [-0.1, -0.05) is 6.07 Å². The topological polar surface area (TPSA) is 85.5 Å². The van der Waals surface area contributed by atoms with Crippen molar-refractivity contribution in [3.63, 3.8) is 0 Å². The van der Waals surface area contributed by atoms with E-state index in [-0.39, 0.29) is 30.3 Å². The van der Waals surface area contributed by atoms with Gasteiger partial charge >= 0.3 is 6.61 Å². The standard InChI is InChI=1S/C13H13F2N3O4S/c14-13(15)22-10-4-5-18(7-10)23(19,20)11-3-1-2-9(6-11)12-17-16-8-21-12/h1-3,6,8,10,13H,4-5,7H2/t10-/m0/s1. The zero-order valence-corrected chi connectivity index (χ0v) is 12.6. The lowest BCUT2D eigenvalue weighted by Crippen LogP contribution is -2.30. The lowest BCUT2D eigenvalue weighted by atomic mass is 10.2. The Morgan fingerprint density at radius 1 is 1.39 bits per heavy atom. The first-order valence-corrected chi connectivity index (χ1v) is 8.21. The van der Waals surface area contributed by atoms with Gasteiger partial charge in [-0.25, -0.2) is 8.42 Å². The molecule has 0 spiro atoms. The molecule has 1 fully saturated rings. The van der Waals surface area contributed by atoms with Gasteiger partial charge in [0.2, 0.25) is 22.3 Å². The van der Waals surface area contributed by atoms with Crippen molar-refractivity contribution in [2.75, 3.05) is 13.1 Å². The highest BCUT2D eigenvalue weighted by Crippen LogP contribution is 2.26. The minimum absolute atomic E-state index is 0.0332. The second-order valence-electron chi connectivity index (χ2n) is 4.94. The smallest absolute Gasteiger partial charge is 0.345 e. The number of sulfonamides is 1. The Hall–Kier alpha value is -1.91. The number of hydrogen-bond donors (Lipinski definition) is 0. The summed E-state index contributed by atoms with van der Waals surface area (Å²) in [5.74, 6) is 0.197. The van der Waals surface area contributed by atoms with Crippen molar-refractivity contribution in [1.29, 1.82) is 0 Å². The summed E-state index contributed by atoms with van der Waals surface area (Å²) in [6.45, 7) is -2.88. The zero-order chi connectivity index (χ0) is 16.4. The second-order valence-corrected chi connectivity index (χ2v) is 6.88. The van der Waals surface area contributed by atoms with Crippen molar-refractivity contribution in [2.24, 2.45) is 0 Å². The van der Waals surface area contributed by atoms with E-state index in [0.29, 0.717) is 5.56 Å². The fourth-order valence-electron chi connectivity index (χ4n) is 2.41. The molecule has 1 aromatic carbocycles. The van der Waals surface area contributed by atoms with Gasteiger partial charge in [-0.3, -0.25) is 0 Å². The predicted molar refractivity (Wildman–Crippen MR) is 74.0 cm³/mol. The molecule has 1 saturated heterocycles. The Balaban J connectivity index is 1.82. The third kappa shape index (κ3) is 3.38. The average Bonchev–Trinajstić information content (AvgIpc) is 3.18. The Labute approximate surface area is 130 Å². The average molecular weight is 345 g/mol. The molecule has 7 nitrogen and oxygen atoms in total. The molecule has 0 saturated carbocycles. The van der Waals surface area contributed by atoms with E-state index in [2.05, 4.69) is 14.9 Å². The fraction of sp³-hybridized carbons (Fsp3) is 0.385. The number of rotatable bonds is 5. The van der Waals surface area contributed by atoms with Crippen LogP contribution in [0.1, 0.15) is 6.42 Å². The van der Waals surface area contributed by atoms with Crippen LogP contribution in [0.25, 0.3) is 11.5 Å². The first kappa shape index (κ1) is 16.0. The van der Waals surface area contributed by atoms with Gasteiger partial charge < -0.3 is 9.15 Å². The summed E-state index contributed by atoms with van der Waals surface area (Å²) in [4.78, 5) is 0.0332. The maximum absolute atomic E-state index is 12.6. The quantitative estimate of drug-likeness (QED) is 0.820. The number of aromatic nitrogens is 2.